The molecule has 0 saturated carbocycles. The van der Waals surface area contributed by atoms with Gasteiger partial charge in [-0.2, -0.15) is 17.7 Å². The SMILES string of the molecule is CCCCC1=CC[C-]=C1C.CP(C)c1cc2ccccc2[cH-]1.[Ti+2]. The molecule has 2 aromatic carbocycles. The molecule has 0 unspecified atom stereocenters. The molecule has 3 rings (SSSR count). The Morgan fingerprint density at radius 2 is 1.96 bits per heavy atom. The normalized spacial score (nSPS) is 13.3. The van der Waals surface area contributed by atoms with E-state index in [4.69, 9.17) is 0 Å². The summed E-state index contributed by atoms with van der Waals surface area (Å²) >= 11 is 0. The molecule has 0 radical (unpaired) electrons. The molecule has 0 heterocycles. The third kappa shape index (κ3) is 6.11. The second-order valence-corrected chi connectivity index (χ2v) is 8.38. The Hall–Kier alpha value is -0.546. The third-order valence-electron chi connectivity index (χ3n) is 4.12. The fourth-order valence-corrected chi connectivity index (χ4v) is 3.44. The molecular weight excluding hydrogens is 331 g/mol. The summed E-state index contributed by atoms with van der Waals surface area (Å²) in [6.45, 7) is 8.99. The van der Waals surface area contributed by atoms with Crippen LogP contribution in [0.15, 0.2) is 53.6 Å². The molecule has 0 amide bonds. The average Bonchev–Trinajstić information content (AvgIpc) is 3.11. The zero-order valence-electron chi connectivity index (χ0n) is 14.8. The number of hydrogen-bond donors (Lipinski definition) is 0. The maximum Gasteiger partial charge on any atom is 2.00 e. The topological polar surface area (TPSA) is 0 Å². The summed E-state index contributed by atoms with van der Waals surface area (Å²) in [7, 11) is 0.0576. The number of benzene rings is 1. The van der Waals surface area contributed by atoms with Gasteiger partial charge in [0.15, 0.2) is 0 Å². The molecule has 0 atom stereocenters. The number of allylic oxidation sites excluding steroid dienone is 4. The van der Waals surface area contributed by atoms with E-state index >= 15 is 0 Å². The van der Waals surface area contributed by atoms with Crippen molar-refractivity contribution in [1.29, 1.82) is 0 Å². The van der Waals surface area contributed by atoms with Crippen LogP contribution in [0.4, 0.5) is 0 Å². The minimum absolute atomic E-state index is 0. The average molecular weight is 358 g/mol. The van der Waals surface area contributed by atoms with Crippen LogP contribution in [-0.4, -0.2) is 13.3 Å². The van der Waals surface area contributed by atoms with Crippen LogP contribution in [0.3, 0.4) is 0 Å². The third-order valence-corrected chi connectivity index (χ3v) is 5.41. The second-order valence-electron chi connectivity index (χ2n) is 6.08. The molecule has 0 nitrogen and oxygen atoms in total. The zero-order valence-corrected chi connectivity index (χ0v) is 17.3. The molecule has 23 heavy (non-hydrogen) atoms. The Balaban J connectivity index is 0.000000224. The fraction of sp³-hybridized carbons (Fsp3) is 0.381. The summed E-state index contributed by atoms with van der Waals surface area (Å²) in [5.74, 6) is 0. The predicted molar refractivity (Wildman–Crippen MR) is 103 cm³/mol. The molecule has 2 heteroatoms. The largest absolute Gasteiger partial charge is 2.00 e. The first-order valence-electron chi connectivity index (χ1n) is 8.21. The summed E-state index contributed by atoms with van der Waals surface area (Å²) < 4.78 is 0. The Morgan fingerprint density at radius 3 is 2.52 bits per heavy atom. The van der Waals surface area contributed by atoms with Gasteiger partial charge in [0.2, 0.25) is 0 Å². The summed E-state index contributed by atoms with van der Waals surface area (Å²) in [6, 6.07) is 13.2. The van der Waals surface area contributed by atoms with Gasteiger partial charge < -0.3 is 0 Å². The van der Waals surface area contributed by atoms with Gasteiger partial charge in [-0.25, -0.2) is 5.57 Å². The summed E-state index contributed by atoms with van der Waals surface area (Å²) in [6.07, 6.45) is 10.5. The molecule has 0 aliphatic heterocycles. The molecule has 0 saturated heterocycles. The Morgan fingerprint density at radius 1 is 1.22 bits per heavy atom. The first kappa shape index (κ1) is 20.5. The van der Waals surface area contributed by atoms with Crippen LogP contribution < -0.4 is 5.30 Å². The van der Waals surface area contributed by atoms with Crippen LogP contribution in [0.25, 0.3) is 10.8 Å². The van der Waals surface area contributed by atoms with E-state index in [1.807, 2.05) is 0 Å². The molecule has 0 bridgehead atoms. The van der Waals surface area contributed by atoms with E-state index < -0.39 is 0 Å². The fourth-order valence-electron chi connectivity index (χ4n) is 2.64. The van der Waals surface area contributed by atoms with Gasteiger partial charge in [0.05, 0.1) is 0 Å². The van der Waals surface area contributed by atoms with Gasteiger partial charge in [0, 0.05) is 0 Å². The van der Waals surface area contributed by atoms with Crippen LogP contribution in [0.2, 0.25) is 0 Å². The van der Waals surface area contributed by atoms with E-state index in [9.17, 15) is 0 Å². The van der Waals surface area contributed by atoms with Gasteiger partial charge in [0.1, 0.15) is 0 Å². The van der Waals surface area contributed by atoms with Crippen LogP contribution >= 0.6 is 7.92 Å². The zero-order chi connectivity index (χ0) is 15.9. The maximum atomic E-state index is 3.30. The van der Waals surface area contributed by atoms with Crippen molar-refractivity contribution in [1.82, 2.24) is 0 Å². The van der Waals surface area contributed by atoms with Crippen LogP contribution in [0.1, 0.15) is 39.5 Å². The van der Waals surface area contributed by atoms with Crippen molar-refractivity contribution >= 4 is 24.0 Å². The molecule has 0 aromatic heterocycles. The predicted octanol–water partition coefficient (Wildman–Crippen LogP) is 6.18. The quantitative estimate of drug-likeness (QED) is 0.348. The van der Waals surface area contributed by atoms with Crippen molar-refractivity contribution in [3.63, 3.8) is 0 Å². The number of hydrogen-bond acceptors (Lipinski definition) is 0. The molecule has 1 aliphatic carbocycles. The van der Waals surface area contributed by atoms with Gasteiger partial charge in [-0.3, -0.25) is 6.08 Å². The van der Waals surface area contributed by atoms with Gasteiger partial charge in [0.25, 0.3) is 0 Å². The molecule has 120 valence electrons. The Labute approximate surface area is 158 Å². The van der Waals surface area contributed by atoms with Crippen LogP contribution in [0, 0.1) is 6.08 Å². The van der Waals surface area contributed by atoms with E-state index in [-0.39, 0.29) is 29.6 Å². The molecule has 2 aromatic rings. The van der Waals surface area contributed by atoms with E-state index in [0.717, 1.165) is 6.42 Å². The standard InChI is InChI=1S/C11H12P.C10H15.Ti/c1-12(2)11-7-9-5-3-4-6-10(9)8-11;1-3-4-7-10-8-5-6-9(10)2;/h3-8H,1-2H3;8H,3-5,7H2,1-2H3;/q2*-1;+2. The molecular formula is C21H27PTi. The number of rotatable bonds is 4. The van der Waals surface area contributed by atoms with E-state index in [2.05, 4.69) is 75.7 Å². The molecule has 0 fully saturated rings. The van der Waals surface area contributed by atoms with Gasteiger partial charge in [-0.05, 0) is 13.3 Å². The van der Waals surface area contributed by atoms with Crippen molar-refractivity contribution < 1.29 is 21.7 Å². The minimum Gasteiger partial charge on any atom is -0.269 e. The summed E-state index contributed by atoms with van der Waals surface area (Å²) in [4.78, 5) is 0. The maximum absolute atomic E-state index is 3.30. The van der Waals surface area contributed by atoms with E-state index in [1.54, 1.807) is 0 Å². The minimum atomic E-state index is 0. The van der Waals surface area contributed by atoms with Crippen LogP contribution in [0.5, 0.6) is 0 Å². The van der Waals surface area contributed by atoms with Gasteiger partial charge >= 0.3 is 21.7 Å². The first-order valence-corrected chi connectivity index (χ1v) is 10.4. The number of fused-ring (bicyclic) bond motifs is 1. The molecule has 0 N–H and O–H groups in total. The van der Waals surface area contributed by atoms with Crippen molar-refractivity contribution in [2.45, 2.75) is 39.5 Å². The van der Waals surface area contributed by atoms with Crippen molar-refractivity contribution in [3.05, 3.63) is 59.7 Å². The second kappa shape index (κ2) is 10.3. The number of unbranched alkanes of at least 4 members (excludes halogenated alkanes) is 1. The molecule has 0 spiro atoms. The smallest absolute Gasteiger partial charge is 0.269 e. The van der Waals surface area contributed by atoms with E-state index in [0.29, 0.717) is 0 Å². The Bertz CT molecular complexity index is 628. The summed E-state index contributed by atoms with van der Waals surface area (Å²) in [5, 5.41) is 4.26. The molecule has 1 aliphatic rings. The van der Waals surface area contributed by atoms with Crippen molar-refractivity contribution in [2.24, 2.45) is 0 Å². The van der Waals surface area contributed by atoms with E-state index in [1.165, 1.54) is 46.5 Å². The monoisotopic (exact) mass is 358 g/mol. The van der Waals surface area contributed by atoms with Crippen molar-refractivity contribution in [3.8, 4) is 0 Å². The first-order chi connectivity index (χ1) is 10.6. The van der Waals surface area contributed by atoms with Gasteiger partial charge in [-0.1, -0.05) is 39.2 Å². The van der Waals surface area contributed by atoms with Gasteiger partial charge in [-0.15, -0.1) is 54.7 Å². The van der Waals surface area contributed by atoms with Crippen molar-refractivity contribution in [2.75, 3.05) is 13.3 Å². The van der Waals surface area contributed by atoms with Crippen LogP contribution in [-0.2, 0) is 21.7 Å². The summed E-state index contributed by atoms with van der Waals surface area (Å²) in [5.41, 5.74) is 2.91. The Kier molecular flexibility index (Phi) is 9.22.